The molecule has 0 aliphatic rings. The van der Waals surface area contributed by atoms with Crippen molar-refractivity contribution in [2.45, 2.75) is 24.6 Å². The summed E-state index contributed by atoms with van der Waals surface area (Å²) < 4.78 is 38.4. The third-order valence-corrected chi connectivity index (χ3v) is 7.59. The van der Waals surface area contributed by atoms with Crippen LogP contribution in [0.25, 0.3) is 16.8 Å². The minimum absolute atomic E-state index is 0. The van der Waals surface area contributed by atoms with Crippen molar-refractivity contribution in [2.24, 2.45) is 0 Å². The van der Waals surface area contributed by atoms with Crippen LogP contribution in [0.5, 0.6) is 0 Å². The van der Waals surface area contributed by atoms with Crippen LogP contribution in [-0.2, 0) is 30.4 Å². The van der Waals surface area contributed by atoms with Crippen LogP contribution in [0.4, 0.5) is 0 Å². The van der Waals surface area contributed by atoms with E-state index in [0.717, 1.165) is 24.4 Å². The van der Waals surface area contributed by atoms with Crippen molar-refractivity contribution in [2.75, 3.05) is 6.26 Å². The lowest BCUT2D eigenvalue weighted by atomic mass is 10.1. The fourth-order valence-electron chi connectivity index (χ4n) is 3.02. The van der Waals surface area contributed by atoms with Crippen LogP contribution in [0, 0.1) is 0 Å². The Balaban J connectivity index is 0.00000324. The van der Waals surface area contributed by atoms with Crippen molar-refractivity contribution < 1.29 is 32.2 Å². The second-order valence-electron chi connectivity index (χ2n) is 7.58. The number of benzene rings is 1. The molecular formula is C19H28N7O8PS. The summed E-state index contributed by atoms with van der Waals surface area (Å²) in [5, 5.41) is 8.08. The Hall–Kier alpha value is -3.24. The maximum absolute atomic E-state index is 12.6. The quantitative estimate of drug-likeness (QED) is 0.184. The number of sulfone groups is 1. The third-order valence-electron chi connectivity index (χ3n) is 5.23. The van der Waals surface area contributed by atoms with E-state index in [2.05, 4.69) is 14.8 Å². The number of hydroxylamine groups is 1. The van der Waals surface area contributed by atoms with Gasteiger partial charge >= 0.3 is 7.82 Å². The number of phosphoric acid groups is 1. The molecule has 1 amide bonds. The Kier molecular flexibility index (Phi) is 9.98. The van der Waals surface area contributed by atoms with Gasteiger partial charge in [-0.3, -0.25) is 9.59 Å². The van der Waals surface area contributed by atoms with Gasteiger partial charge in [-0.25, -0.2) is 18.5 Å². The first-order chi connectivity index (χ1) is 15.8. The molecule has 1 atom stereocenters. The van der Waals surface area contributed by atoms with Crippen LogP contribution in [0.2, 0.25) is 0 Å². The van der Waals surface area contributed by atoms with Gasteiger partial charge in [0.25, 0.3) is 11.5 Å². The first kappa shape index (κ1) is 30.8. The van der Waals surface area contributed by atoms with E-state index in [4.69, 9.17) is 9.79 Å². The largest absolute Gasteiger partial charge is 0.491 e. The van der Waals surface area contributed by atoms with Crippen LogP contribution in [-0.4, -0.2) is 54.7 Å². The van der Waals surface area contributed by atoms with Crippen molar-refractivity contribution in [1.29, 1.82) is 0 Å². The highest BCUT2D eigenvalue weighted by molar-refractivity contribution is 7.92. The van der Waals surface area contributed by atoms with Crippen molar-refractivity contribution >= 4 is 23.6 Å². The van der Waals surface area contributed by atoms with Gasteiger partial charge in [0.15, 0.2) is 14.6 Å². The lowest BCUT2D eigenvalue weighted by molar-refractivity contribution is -0.131. The van der Waals surface area contributed by atoms with E-state index in [1.165, 1.54) is 27.1 Å². The highest BCUT2D eigenvalue weighted by Crippen LogP contribution is 2.34. The molecule has 0 aliphatic carbocycles. The van der Waals surface area contributed by atoms with E-state index in [9.17, 15) is 22.6 Å². The number of nitrogens with one attached hydrogen (secondary N) is 1. The van der Waals surface area contributed by atoms with Crippen molar-refractivity contribution in [3.8, 4) is 16.8 Å². The molecule has 17 heteroatoms. The van der Waals surface area contributed by atoms with E-state index in [0.29, 0.717) is 5.56 Å². The normalized spacial score (nSPS) is 13.1. The van der Waals surface area contributed by atoms with Crippen molar-refractivity contribution in [1.82, 2.24) is 37.3 Å². The molecule has 0 radical (unpaired) electrons. The average molecular weight is 546 g/mol. The van der Waals surface area contributed by atoms with Crippen LogP contribution < -0.4 is 23.3 Å². The minimum atomic E-state index is -5.07. The molecule has 0 unspecified atom stereocenters. The summed E-state index contributed by atoms with van der Waals surface area (Å²) in [5.74, 6) is -1.27. The van der Waals surface area contributed by atoms with Gasteiger partial charge in [0.05, 0.1) is 18.1 Å². The standard InChI is InChI=1S/C19H22N5O8PS.2H3N/c1-19(34(2,30)31,18(26)22-32-33(27,28)29)8-12-23-11-7-15(13-17(23)25)14-3-5-16(6-4-14)24-20-9-10-21-24;;/h3-7,9-11,13H,8,12H2,1-2H3,(H,22,26)(H2,27,28,29);2*1H3/t19-;;/m1../s1. The van der Waals surface area contributed by atoms with Gasteiger partial charge < -0.3 is 26.7 Å². The van der Waals surface area contributed by atoms with E-state index < -0.39 is 33.9 Å². The number of aryl methyl sites for hydroxylation is 1. The van der Waals surface area contributed by atoms with Crippen molar-refractivity contribution in [3.63, 3.8) is 0 Å². The number of rotatable bonds is 9. The molecule has 15 nitrogen and oxygen atoms in total. The molecule has 1 aromatic carbocycles. The Labute approximate surface area is 206 Å². The first-order valence-electron chi connectivity index (χ1n) is 9.72. The van der Waals surface area contributed by atoms with Crippen LogP contribution in [0.1, 0.15) is 13.3 Å². The van der Waals surface area contributed by atoms with Crippen molar-refractivity contribution in [3.05, 3.63) is 65.3 Å². The lowest BCUT2D eigenvalue weighted by Gasteiger charge is -2.26. The molecule has 0 saturated carbocycles. The number of hydrogen-bond donors (Lipinski definition) is 5. The summed E-state index contributed by atoms with van der Waals surface area (Å²) >= 11 is 0. The SMILES string of the molecule is C[C@@](CCn1ccc(-c2ccc(-n3nccn3)cc2)cc1=O)(C(=O)NOP(=O)(O)O)S(C)(=O)=O.N.N. The molecule has 0 fully saturated rings. The zero-order chi connectivity index (χ0) is 25.1. The minimum Gasteiger partial charge on any atom is -0.344 e. The van der Waals surface area contributed by atoms with E-state index in [-0.39, 0.29) is 25.3 Å². The Morgan fingerprint density at radius 3 is 2.19 bits per heavy atom. The van der Waals surface area contributed by atoms with Gasteiger partial charge in [-0.1, -0.05) is 12.1 Å². The topological polar surface area (TPSA) is 253 Å². The van der Waals surface area contributed by atoms with Gasteiger partial charge in [0.1, 0.15) is 0 Å². The number of carbonyl (C=O) groups excluding carboxylic acids is 1. The molecule has 0 spiro atoms. The van der Waals surface area contributed by atoms with Gasteiger partial charge in [-0.15, -0.1) is 0 Å². The predicted molar refractivity (Wildman–Crippen MR) is 130 cm³/mol. The number of nitrogens with zero attached hydrogens (tertiary/aromatic N) is 4. The molecule has 2 aromatic heterocycles. The number of amides is 1. The molecule has 198 valence electrons. The van der Waals surface area contributed by atoms with Crippen LogP contribution in [0.15, 0.2) is 59.8 Å². The van der Waals surface area contributed by atoms with E-state index in [1.807, 2.05) is 0 Å². The molecule has 0 saturated heterocycles. The Morgan fingerprint density at radius 2 is 1.69 bits per heavy atom. The average Bonchev–Trinajstić information content (AvgIpc) is 3.30. The zero-order valence-corrected chi connectivity index (χ0v) is 21.2. The summed E-state index contributed by atoms with van der Waals surface area (Å²) in [4.78, 5) is 43.9. The molecule has 3 rings (SSSR count). The predicted octanol–water partition coefficient (Wildman–Crippen LogP) is 0.754. The summed E-state index contributed by atoms with van der Waals surface area (Å²) in [6, 6.07) is 10.2. The number of hydrogen-bond acceptors (Lipinski definition) is 10. The summed E-state index contributed by atoms with van der Waals surface area (Å²) in [7, 11) is -9.13. The fourth-order valence-corrected chi connectivity index (χ4v) is 4.06. The Bertz CT molecular complexity index is 1390. The van der Waals surface area contributed by atoms with Crippen LogP contribution >= 0.6 is 7.82 Å². The highest BCUT2D eigenvalue weighted by Gasteiger charge is 2.44. The van der Waals surface area contributed by atoms with Gasteiger partial charge in [-0.2, -0.15) is 19.6 Å². The number of aromatic nitrogens is 4. The Morgan fingerprint density at radius 1 is 1.11 bits per heavy atom. The third kappa shape index (κ3) is 7.14. The summed E-state index contributed by atoms with van der Waals surface area (Å²) in [5.41, 5.74) is 3.18. The number of carbonyl (C=O) groups is 1. The zero-order valence-electron chi connectivity index (χ0n) is 19.5. The maximum Gasteiger partial charge on any atom is 0.491 e. The van der Waals surface area contributed by atoms with Gasteiger partial charge in [0, 0.05) is 25.1 Å². The molecular weight excluding hydrogens is 517 g/mol. The number of pyridine rings is 1. The summed E-state index contributed by atoms with van der Waals surface area (Å²) in [6.45, 7) is 0.923. The lowest BCUT2D eigenvalue weighted by Crippen LogP contribution is -2.50. The maximum atomic E-state index is 12.6. The summed E-state index contributed by atoms with van der Waals surface area (Å²) in [6.07, 6.45) is 5.02. The fraction of sp³-hybridized carbons (Fsp3) is 0.263. The smallest absolute Gasteiger partial charge is 0.344 e. The first-order valence-corrected chi connectivity index (χ1v) is 13.1. The molecule has 0 bridgehead atoms. The van der Waals surface area contributed by atoms with Gasteiger partial charge in [0.2, 0.25) is 0 Å². The van der Waals surface area contributed by atoms with E-state index >= 15 is 0 Å². The monoisotopic (exact) mass is 545 g/mol. The van der Waals surface area contributed by atoms with E-state index in [1.54, 1.807) is 42.7 Å². The molecule has 0 aliphatic heterocycles. The molecule has 3 aromatic rings. The molecule has 36 heavy (non-hydrogen) atoms. The second-order valence-corrected chi connectivity index (χ2v) is 11.2. The van der Waals surface area contributed by atoms with Gasteiger partial charge in [-0.05, 0) is 42.7 Å². The molecule has 2 heterocycles. The highest BCUT2D eigenvalue weighted by atomic mass is 32.2. The second kappa shape index (κ2) is 11.7. The molecule has 9 N–H and O–H groups in total. The van der Waals surface area contributed by atoms with Crippen LogP contribution in [0.3, 0.4) is 0 Å².